The highest BCUT2D eigenvalue weighted by Gasteiger charge is 2.36. The Morgan fingerprint density at radius 2 is 1.88 bits per heavy atom. The van der Waals surface area contributed by atoms with Crippen LogP contribution in [-0.4, -0.2) is 64.6 Å². The van der Waals surface area contributed by atoms with E-state index in [2.05, 4.69) is 32.0 Å². The molecule has 2 heterocycles. The number of rotatable bonds is 7. The van der Waals surface area contributed by atoms with E-state index in [0.29, 0.717) is 43.9 Å². The molecule has 1 aromatic heterocycles. The molecule has 1 aliphatic carbocycles. The second kappa shape index (κ2) is 9.79. The fourth-order valence-electron chi connectivity index (χ4n) is 5.00. The van der Waals surface area contributed by atoms with Crippen LogP contribution in [0.25, 0.3) is 0 Å². The highest BCUT2D eigenvalue weighted by atomic mass is 19.2. The SMILES string of the molecule is CC(C)NC(C(C=O)c1ccc(F)c(F)c1)N1CCN(c2ncnc3c2[C@H](C)C[C@H]3O)CC1. The summed E-state index contributed by atoms with van der Waals surface area (Å²) in [4.78, 5) is 25.3. The van der Waals surface area contributed by atoms with Crippen molar-refractivity contribution >= 4 is 12.1 Å². The zero-order valence-electron chi connectivity index (χ0n) is 19.2. The maximum atomic E-state index is 13.9. The Morgan fingerprint density at radius 3 is 2.52 bits per heavy atom. The van der Waals surface area contributed by atoms with Gasteiger partial charge in [-0.3, -0.25) is 10.2 Å². The number of halogens is 2. The number of benzene rings is 1. The largest absolute Gasteiger partial charge is 0.387 e. The van der Waals surface area contributed by atoms with Crippen molar-refractivity contribution in [3.05, 3.63) is 53.0 Å². The van der Waals surface area contributed by atoms with E-state index in [1.54, 1.807) is 0 Å². The van der Waals surface area contributed by atoms with Gasteiger partial charge in [-0.25, -0.2) is 18.7 Å². The molecule has 1 aromatic carbocycles. The van der Waals surface area contributed by atoms with Crippen LogP contribution in [-0.2, 0) is 4.79 Å². The van der Waals surface area contributed by atoms with Gasteiger partial charge in [-0.05, 0) is 43.9 Å². The zero-order chi connectivity index (χ0) is 23.7. The summed E-state index contributed by atoms with van der Waals surface area (Å²) in [6, 6.07) is 3.74. The summed E-state index contributed by atoms with van der Waals surface area (Å²) in [7, 11) is 0. The van der Waals surface area contributed by atoms with Crippen molar-refractivity contribution in [3.8, 4) is 0 Å². The van der Waals surface area contributed by atoms with Crippen LogP contribution in [0.4, 0.5) is 14.6 Å². The molecule has 178 valence electrons. The first-order valence-corrected chi connectivity index (χ1v) is 11.5. The number of anilines is 1. The molecule has 0 radical (unpaired) electrons. The van der Waals surface area contributed by atoms with Crippen molar-refractivity contribution in [1.29, 1.82) is 0 Å². The minimum atomic E-state index is -0.957. The van der Waals surface area contributed by atoms with E-state index in [1.807, 2.05) is 13.8 Å². The molecule has 9 heteroatoms. The van der Waals surface area contributed by atoms with E-state index < -0.39 is 23.7 Å². The molecular weight excluding hydrogens is 428 g/mol. The van der Waals surface area contributed by atoms with E-state index in [4.69, 9.17) is 0 Å². The summed E-state index contributed by atoms with van der Waals surface area (Å²) >= 11 is 0. The molecule has 1 fully saturated rings. The lowest BCUT2D eigenvalue weighted by Gasteiger charge is -2.43. The topological polar surface area (TPSA) is 81.6 Å². The molecule has 2 unspecified atom stereocenters. The average molecular weight is 460 g/mol. The number of carbonyl (C=O) groups is 1. The summed E-state index contributed by atoms with van der Waals surface area (Å²) < 4.78 is 27.4. The molecule has 0 bridgehead atoms. The van der Waals surface area contributed by atoms with Gasteiger partial charge in [0.2, 0.25) is 0 Å². The minimum absolute atomic E-state index is 0.0910. The van der Waals surface area contributed by atoms with Gasteiger partial charge < -0.3 is 14.8 Å². The van der Waals surface area contributed by atoms with Gasteiger partial charge in [-0.2, -0.15) is 0 Å². The standard InChI is InChI=1S/C24H31F2N5O2/c1-14(2)29-23(17(12-32)16-4-5-18(25)19(26)11-16)30-6-8-31(9-7-30)24-21-15(3)10-20(33)22(21)27-13-28-24/h4-5,11-15,17,20,23,29,33H,6-10H2,1-3H3/t15-,17?,20-,23?/m1/s1. The number of aliphatic hydroxyl groups excluding tert-OH is 1. The first-order chi connectivity index (χ1) is 15.8. The highest BCUT2D eigenvalue weighted by Crippen LogP contribution is 2.42. The smallest absolute Gasteiger partial charge is 0.159 e. The Morgan fingerprint density at radius 1 is 1.15 bits per heavy atom. The number of hydrogen-bond acceptors (Lipinski definition) is 7. The number of aliphatic hydroxyl groups is 1. The number of fused-ring (bicyclic) bond motifs is 1. The van der Waals surface area contributed by atoms with Crippen molar-refractivity contribution in [1.82, 2.24) is 20.2 Å². The van der Waals surface area contributed by atoms with Gasteiger partial charge in [-0.15, -0.1) is 0 Å². The van der Waals surface area contributed by atoms with Gasteiger partial charge in [0.1, 0.15) is 18.4 Å². The molecule has 0 amide bonds. The van der Waals surface area contributed by atoms with Gasteiger partial charge in [0.05, 0.1) is 23.9 Å². The van der Waals surface area contributed by atoms with Gasteiger partial charge >= 0.3 is 0 Å². The fraction of sp³-hybridized carbons (Fsp3) is 0.542. The van der Waals surface area contributed by atoms with Crippen LogP contribution in [0.15, 0.2) is 24.5 Å². The average Bonchev–Trinajstić information content (AvgIpc) is 3.09. The molecular formula is C24H31F2N5O2. The highest BCUT2D eigenvalue weighted by molar-refractivity contribution is 5.63. The van der Waals surface area contributed by atoms with Crippen LogP contribution in [0.5, 0.6) is 0 Å². The van der Waals surface area contributed by atoms with Crippen LogP contribution < -0.4 is 10.2 Å². The molecule has 7 nitrogen and oxygen atoms in total. The summed E-state index contributed by atoms with van der Waals surface area (Å²) in [6.07, 6.45) is 2.06. The molecule has 4 rings (SSSR count). The third-order valence-electron chi connectivity index (χ3n) is 6.61. The lowest BCUT2D eigenvalue weighted by Crippen LogP contribution is -2.58. The van der Waals surface area contributed by atoms with Crippen molar-refractivity contribution in [2.45, 2.75) is 57.3 Å². The Labute approximate surface area is 192 Å². The van der Waals surface area contributed by atoms with Crippen molar-refractivity contribution in [2.75, 3.05) is 31.1 Å². The van der Waals surface area contributed by atoms with E-state index >= 15 is 0 Å². The number of carbonyl (C=O) groups excluding carboxylic acids is 1. The molecule has 0 spiro atoms. The molecule has 2 aromatic rings. The van der Waals surface area contributed by atoms with Crippen LogP contribution in [0, 0.1) is 11.6 Å². The number of aldehydes is 1. The number of aromatic nitrogens is 2. The van der Waals surface area contributed by atoms with Gasteiger partial charge in [0.25, 0.3) is 0 Å². The van der Waals surface area contributed by atoms with Crippen molar-refractivity contribution < 1.29 is 18.7 Å². The van der Waals surface area contributed by atoms with Crippen LogP contribution in [0.3, 0.4) is 0 Å². The fourth-order valence-corrected chi connectivity index (χ4v) is 5.00. The lowest BCUT2D eigenvalue weighted by molar-refractivity contribution is -0.111. The normalized spacial score (nSPS) is 22.9. The number of nitrogens with one attached hydrogen (secondary N) is 1. The molecule has 1 saturated heterocycles. The quantitative estimate of drug-likeness (QED) is 0.616. The Balaban J connectivity index is 1.54. The van der Waals surface area contributed by atoms with Crippen molar-refractivity contribution in [3.63, 3.8) is 0 Å². The molecule has 2 N–H and O–H groups in total. The summed E-state index contributed by atoms with van der Waals surface area (Å²) in [5.41, 5.74) is 2.18. The third kappa shape index (κ3) is 4.76. The van der Waals surface area contributed by atoms with E-state index in [0.717, 1.165) is 29.8 Å². The van der Waals surface area contributed by atoms with Crippen LogP contribution >= 0.6 is 0 Å². The monoisotopic (exact) mass is 459 g/mol. The van der Waals surface area contributed by atoms with Crippen LogP contribution in [0.2, 0.25) is 0 Å². The predicted octanol–water partition coefficient (Wildman–Crippen LogP) is 2.72. The number of piperazine rings is 1. The van der Waals surface area contributed by atoms with Crippen molar-refractivity contribution in [2.24, 2.45) is 0 Å². The first-order valence-electron chi connectivity index (χ1n) is 11.5. The maximum Gasteiger partial charge on any atom is 0.159 e. The molecule has 4 atom stereocenters. The number of hydrogen-bond donors (Lipinski definition) is 2. The van der Waals surface area contributed by atoms with E-state index in [-0.39, 0.29) is 18.1 Å². The summed E-state index contributed by atoms with van der Waals surface area (Å²) in [6.45, 7) is 8.76. The Hall–Kier alpha value is -2.49. The Bertz CT molecular complexity index is 997. The zero-order valence-corrected chi connectivity index (χ0v) is 19.2. The second-order valence-corrected chi connectivity index (χ2v) is 9.27. The minimum Gasteiger partial charge on any atom is -0.387 e. The first kappa shape index (κ1) is 23.7. The molecule has 1 aliphatic heterocycles. The molecule has 2 aliphatic rings. The third-order valence-corrected chi connectivity index (χ3v) is 6.61. The Kier molecular flexibility index (Phi) is 7.02. The van der Waals surface area contributed by atoms with Crippen LogP contribution in [0.1, 0.15) is 62.0 Å². The molecule has 0 saturated carbocycles. The number of nitrogens with zero attached hydrogens (tertiary/aromatic N) is 4. The lowest BCUT2D eigenvalue weighted by atomic mass is 9.95. The van der Waals surface area contributed by atoms with Gasteiger partial charge in [-0.1, -0.05) is 13.0 Å². The van der Waals surface area contributed by atoms with E-state index in [9.17, 15) is 18.7 Å². The van der Waals surface area contributed by atoms with Gasteiger partial charge in [0, 0.05) is 37.8 Å². The van der Waals surface area contributed by atoms with E-state index in [1.165, 1.54) is 12.4 Å². The maximum absolute atomic E-state index is 13.9. The molecule has 33 heavy (non-hydrogen) atoms. The summed E-state index contributed by atoms with van der Waals surface area (Å²) in [5, 5.41) is 13.7. The second-order valence-electron chi connectivity index (χ2n) is 9.27. The summed E-state index contributed by atoms with van der Waals surface area (Å²) in [5.74, 6) is -1.48. The predicted molar refractivity (Wildman–Crippen MR) is 121 cm³/mol. The van der Waals surface area contributed by atoms with Gasteiger partial charge in [0.15, 0.2) is 11.6 Å².